The van der Waals surface area contributed by atoms with Crippen LogP contribution in [0.4, 0.5) is 4.39 Å². The van der Waals surface area contributed by atoms with Gasteiger partial charge < -0.3 is 5.11 Å². The van der Waals surface area contributed by atoms with Crippen LogP contribution in [0.5, 0.6) is 0 Å². The molecule has 0 atom stereocenters. The van der Waals surface area contributed by atoms with Gasteiger partial charge in [-0.1, -0.05) is 91.0 Å². The highest BCUT2D eigenvalue weighted by Crippen LogP contribution is 2.41. The largest absolute Gasteiger partial charge is 0.396 e. The third-order valence-corrected chi connectivity index (χ3v) is 5.24. The zero-order chi connectivity index (χ0) is 20.1. The Morgan fingerprint density at radius 2 is 1.21 bits per heavy atom. The molecule has 1 N–H and O–H groups in total. The lowest BCUT2D eigenvalue weighted by molar-refractivity contribution is 0.288. The molecule has 4 rings (SSSR count). The van der Waals surface area contributed by atoms with Gasteiger partial charge in [-0.3, -0.25) is 4.57 Å². The van der Waals surface area contributed by atoms with Gasteiger partial charge in [0.25, 0.3) is 6.08 Å². The van der Waals surface area contributed by atoms with E-state index in [4.69, 9.17) is 5.11 Å². The number of hydrogen-bond acceptors (Lipinski definition) is 2. The van der Waals surface area contributed by atoms with Gasteiger partial charge in [-0.2, -0.15) is 4.39 Å². The molecule has 0 fully saturated rings. The molecule has 146 valence electrons. The predicted molar refractivity (Wildman–Crippen MR) is 112 cm³/mol. The lowest BCUT2D eigenvalue weighted by Gasteiger charge is -2.37. The Bertz CT molecular complexity index is 949. The van der Waals surface area contributed by atoms with Crippen molar-refractivity contribution in [3.8, 4) is 0 Å². The molecule has 0 saturated heterocycles. The van der Waals surface area contributed by atoms with E-state index in [1.807, 2.05) is 91.0 Å². The van der Waals surface area contributed by atoms with Gasteiger partial charge in [-0.15, -0.1) is 0 Å². The van der Waals surface area contributed by atoms with Gasteiger partial charge in [-0.25, -0.2) is 4.98 Å². The molecule has 3 aromatic carbocycles. The van der Waals surface area contributed by atoms with E-state index >= 15 is 4.39 Å². The van der Waals surface area contributed by atoms with Gasteiger partial charge in [0.15, 0.2) is 0 Å². The number of aryl methyl sites for hydroxylation is 1. The number of hydrogen-bond donors (Lipinski definition) is 1. The Balaban J connectivity index is 2.05. The molecular formula is C25H23FN2O. The van der Waals surface area contributed by atoms with Crippen molar-refractivity contribution in [3.63, 3.8) is 0 Å². The Labute approximate surface area is 170 Å². The lowest BCUT2D eigenvalue weighted by atomic mass is 9.76. The highest BCUT2D eigenvalue weighted by molar-refractivity contribution is 5.50. The van der Waals surface area contributed by atoms with E-state index in [0.717, 1.165) is 16.7 Å². The summed E-state index contributed by atoms with van der Waals surface area (Å²) >= 11 is 0. The maximum Gasteiger partial charge on any atom is 0.290 e. The molecule has 4 aromatic rings. The van der Waals surface area contributed by atoms with Crippen LogP contribution in [0, 0.1) is 6.08 Å². The van der Waals surface area contributed by atoms with Crippen molar-refractivity contribution in [2.45, 2.75) is 18.4 Å². The maximum atomic E-state index is 15.4. The minimum Gasteiger partial charge on any atom is -0.396 e. The quantitative estimate of drug-likeness (QED) is 0.464. The molecule has 29 heavy (non-hydrogen) atoms. The summed E-state index contributed by atoms with van der Waals surface area (Å²) in [6.07, 6.45) is 2.30. The molecule has 0 bridgehead atoms. The fourth-order valence-electron chi connectivity index (χ4n) is 3.97. The number of aromatic nitrogens is 2. The molecule has 3 nitrogen and oxygen atoms in total. The van der Waals surface area contributed by atoms with E-state index < -0.39 is 11.6 Å². The number of benzene rings is 3. The number of aliphatic hydroxyl groups is 1. The molecule has 1 aromatic heterocycles. The molecule has 0 aliphatic carbocycles. The zero-order valence-electron chi connectivity index (χ0n) is 16.1. The number of nitrogens with zero attached hydrogens (tertiary/aromatic N) is 2. The third kappa shape index (κ3) is 3.47. The van der Waals surface area contributed by atoms with Gasteiger partial charge in [0, 0.05) is 12.8 Å². The molecule has 0 saturated carbocycles. The van der Waals surface area contributed by atoms with Crippen LogP contribution in [0.3, 0.4) is 0 Å². The van der Waals surface area contributed by atoms with Crippen molar-refractivity contribution in [1.82, 2.24) is 9.55 Å². The molecule has 0 aliphatic heterocycles. The first-order valence-corrected chi connectivity index (χ1v) is 9.78. The minimum absolute atomic E-state index is 0.0513. The Morgan fingerprint density at radius 3 is 1.62 bits per heavy atom. The first-order chi connectivity index (χ1) is 14.3. The molecule has 0 amide bonds. The lowest BCUT2D eigenvalue weighted by Crippen LogP contribution is -2.38. The summed E-state index contributed by atoms with van der Waals surface area (Å²) < 4.78 is 17.0. The Morgan fingerprint density at radius 1 is 0.759 bits per heavy atom. The van der Waals surface area contributed by atoms with Gasteiger partial charge in [0.05, 0.1) is 5.69 Å². The van der Waals surface area contributed by atoms with Crippen molar-refractivity contribution in [2.75, 3.05) is 6.61 Å². The monoisotopic (exact) mass is 386 g/mol. The van der Waals surface area contributed by atoms with E-state index in [2.05, 4.69) is 4.98 Å². The van der Waals surface area contributed by atoms with Gasteiger partial charge >= 0.3 is 0 Å². The Hall–Kier alpha value is -3.24. The second-order valence-electron chi connectivity index (χ2n) is 7.01. The van der Waals surface area contributed by atoms with Crippen molar-refractivity contribution in [3.05, 3.63) is 126 Å². The van der Waals surface area contributed by atoms with Crippen molar-refractivity contribution >= 4 is 0 Å². The van der Waals surface area contributed by atoms with E-state index in [1.54, 1.807) is 10.8 Å². The molecule has 0 spiro atoms. The first-order valence-electron chi connectivity index (χ1n) is 9.78. The number of imidazole rings is 1. The molecule has 4 heteroatoms. The SMILES string of the molecule is OCCCc1cn(C(c2ccccc2)(c2ccccc2)c2ccccc2)c(F)n1. The van der Waals surface area contributed by atoms with E-state index in [9.17, 15) is 0 Å². The van der Waals surface area contributed by atoms with Crippen molar-refractivity contribution in [1.29, 1.82) is 0 Å². The maximum absolute atomic E-state index is 15.4. The average molecular weight is 386 g/mol. The number of rotatable bonds is 7. The first kappa shape index (κ1) is 19.1. The predicted octanol–water partition coefficient (Wildman–Crippen LogP) is 4.79. The van der Waals surface area contributed by atoms with E-state index in [1.165, 1.54) is 0 Å². The van der Waals surface area contributed by atoms with Gasteiger partial charge in [0.1, 0.15) is 5.54 Å². The van der Waals surface area contributed by atoms with Crippen molar-refractivity contribution in [2.24, 2.45) is 0 Å². The zero-order valence-corrected chi connectivity index (χ0v) is 16.1. The summed E-state index contributed by atoms with van der Waals surface area (Å²) in [7, 11) is 0. The topological polar surface area (TPSA) is 38.0 Å². The van der Waals surface area contributed by atoms with E-state index in [-0.39, 0.29) is 6.61 Å². The van der Waals surface area contributed by atoms with Crippen LogP contribution in [-0.2, 0) is 12.0 Å². The summed E-state index contributed by atoms with van der Waals surface area (Å²) in [5, 5.41) is 9.17. The van der Waals surface area contributed by atoms with Crippen LogP contribution >= 0.6 is 0 Å². The smallest absolute Gasteiger partial charge is 0.290 e. The normalized spacial score (nSPS) is 11.5. The van der Waals surface area contributed by atoms with Crippen LogP contribution in [0.2, 0.25) is 0 Å². The van der Waals surface area contributed by atoms with Crippen molar-refractivity contribution < 1.29 is 9.50 Å². The average Bonchev–Trinajstić information content (AvgIpc) is 3.16. The van der Waals surface area contributed by atoms with Gasteiger partial charge in [-0.05, 0) is 29.5 Å². The number of aliphatic hydroxyl groups excluding tert-OH is 1. The van der Waals surface area contributed by atoms with Gasteiger partial charge in [0.2, 0.25) is 0 Å². The summed E-state index contributed by atoms with van der Waals surface area (Å²) in [5.74, 6) is 0. The summed E-state index contributed by atoms with van der Waals surface area (Å²) in [5.41, 5.74) is 2.56. The summed E-state index contributed by atoms with van der Waals surface area (Å²) in [6, 6.07) is 29.8. The Kier molecular flexibility index (Phi) is 5.54. The molecule has 1 heterocycles. The van der Waals surface area contributed by atoms with Crippen LogP contribution in [0.15, 0.2) is 97.2 Å². The van der Waals surface area contributed by atoms with E-state index in [0.29, 0.717) is 18.5 Å². The summed E-state index contributed by atoms with van der Waals surface area (Å²) in [6.45, 7) is 0.0513. The second kappa shape index (κ2) is 8.41. The standard InChI is InChI=1S/C25H23FN2O/c26-24-27-23(17-10-18-29)19-28(24)25(20-11-4-1-5-12-20,21-13-6-2-7-14-21)22-15-8-3-9-16-22/h1-9,11-16,19,29H,10,17-18H2. The number of halogens is 1. The van der Waals surface area contributed by atoms with Crippen LogP contribution in [0.25, 0.3) is 0 Å². The second-order valence-corrected chi connectivity index (χ2v) is 7.01. The van der Waals surface area contributed by atoms with Crippen LogP contribution in [-0.4, -0.2) is 21.3 Å². The molecule has 0 aliphatic rings. The highest BCUT2D eigenvalue weighted by atomic mass is 19.1. The minimum atomic E-state index is -0.904. The fraction of sp³-hybridized carbons (Fsp3) is 0.160. The van der Waals surface area contributed by atoms with Crippen LogP contribution in [0.1, 0.15) is 28.8 Å². The third-order valence-electron chi connectivity index (χ3n) is 5.24. The van der Waals surface area contributed by atoms with Crippen LogP contribution < -0.4 is 0 Å². The molecule has 0 radical (unpaired) electrons. The molecular weight excluding hydrogens is 363 g/mol. The summed E-state index contributed by atoms with van der Waals surface area (Å²) in [4.78, 5) is 4.18. The highest BCUT2D eigenvalue weighted by Gasteiger charge is 2.40. The fourth-order valence-corrected chi connectivity index (χ4v) is 3.97. The molecule has 0 unspecified atom stereocenters.